The van der Waals surface area contributed by atoms with Crippen LogP contribution in [0, 0.1) is 11.3 Å². The molecular formula is C19H18ClN3O2. The van der Waals surface area contributed by atoms with E-state index in [1.54, 1.807) is 36.4 Å². The summed E-state index contributed by atoms with van der Waals surface area (Å²) in [5, 5.41) is 12.6. The number of rotatable bonds is 6. The standard InChI is InChI=1S/C19H18ClN3O2/c1-14(24)23(18-5-3-2-4-16(18)12-21)11-10-19(25)22-13-15-6-8-17(20)9-7-15/h2-9H,10-11,13H2,1H3,(H,22,25). The topological polar surface area (TPSA) is 73.2 Å². The average Bonchev–Trinajstić information content (AvgIpc) is 2.61. The van der Waals surface area contributed by atoms with Crippen LogP contribution in [-0.4, -0.2) is 18.4 Å². The molecule has 25 heavy (non-hydrogen) atoms. The van der Waals surface area contributed by atoms with Crippen molar-refractivity contribution in [1.82, 2.24) is 5.32 Å². The largest absolute Gasteiger partial charge is 0.352 e. The van der Waals surface area contributed by atoms with Crippen LogP contribution in [0.4, 0.5) is 5.69 Å². The predicted octanol–water partition coefficient (Wildman–Crippen LogP) is 3.27. The molecule has 1 N–H and O–H groups in total. The smallest absolute Gasteiger partial charge is 0.223 e. The van der Waals surface area contributed by atoms with E-state index in [9.17, 15) is 14.9 Å². The first-order valence-electron chi connectivity index (χ1n) is 7.79. The number of hydrogen-bond donors (Lipinski definition) is 1. The molecule has 5 nitrogen and oxygen atoms in total. The van der Waals surface area contributed by atoms with Gasteiger partial charge in [0.2, 0.25) is 11.8 Å². The minimum atomic E-state index is -0.215. The molecule has 0 aliphatic heterocycles. The number of para-hydroxylation sites is 1. The number of benzene rings is 2. The summed E-state index contributed by atoms with van der Waals surface area (Å²) in [5.41, 5.74) is 1.86. The van der Waals surface area contributed by atoms with Gasteiger partial charge in [-0.3, -0.25) is 9.59 Å². The van der Waals surface area contributed by atoms with Crippen LogP contribution in [0.5, 0.6) is 0 Å². The SMILES string of the molecule is CC(=O)N(CCC(=O)NCc1ccc(Cl)cc1)c1ccccc1C#N. The van der Waals surface area contributed by atoms with Crippen molar-refractivity contribution in [3.8, 4) is 6.07 Å². The summed E-state index contributed by atoms with van der Waals surface area (Å²) >= 11 is 5.82. The first-order chi connectivity index (χ1) is 12.0. The zero-order valence-corrected chi connectivity index (χ0v) is 14.6. The van der Waals surface area contributed by atoms with Crippen LogP contribution < -0.4 is 10.2 Å². The van der Waals surface area contributed by atoms with E-state index in [1.165, 1.54) is 11.8 Å². The maximum atomic E-state index is 12.1. The maximum absolute atomic E-state index is 12.1. The van der Waals surface area contributed by atoms with E-state index in [4.69, 9.17) is 11.6 Å². The van der Waals surface area contributed by atoms with Gasteiger partial charge in [-0.15, -0.1) is 0 Å². The van der Waals surface area contributed by atoms with Crippen LogP contribution in [0.15, 0.2) is 48.5 Å². The van der Waals surface area contributed by atoms with Crippen molar-refractivity contribution in [1.29, 1.82) is 5.26 Å². The van der Waals surface area contributed by atoms with Crippen molar-refractivity contribution in [2.24, 2.45) is 0 Å². The van der Waals surface area contributed by atoms with Crippen LogP contribution in [0.3, 0.4) is 0 Å². The Morgan fingerprint density at radius 2 is 1.84 bits per heavy atom. The molecule has 0 aliphatic rings. The lowest BCUT2D eigenvalue weighted by atomic mass is 10.1. The molecule has 6 heteroatoms. The van der Waals surface area contributed by atoms with Crippen molar-refractivity contribution in [3.05, 3.63) is 64.7 Å². The Bertz CT molecular complexity index is 797. The Balaban J connectivity index is 1.94. The van der Waals surface area contributed by atoms with Crippen molar-refractivity contribution in [2.45, 2.75) is 19.9 Å². The van der Waals surface area contributed by atoms with E-state index in [-0.39, 0.29) is 24.8 Å². The predicted molar refractivity (Wildman–Crippen MR) is 97.1 cm³/mol. The van der Waals surface area contributed by atoms with Gasteiger partial charge < -0.3 is 10.2 Å². The lowest BCUT2D eigenvalue weighted by Crippen LogP contribution is -2.34. The van der Waals surface area contributed by atoms with Gasteiger partial charge in [-0.05, 0) is 29.8 Å². The Labute approximate surface area is 151 Å². The number of halogens is 1. The molecule has 0 saturated heterocycles. The highest BCUT2D eigenvalue weighted by atomic mass is 35.5. The molecule has 128 valence electrons. The molecule has 0 atom stereocenters. The van der Waals surface area contributed by atoms with Gasteiger partial charge in [0.1, 0.15) is 6.07 Å². The molecule has 2 aromatic carbocycles. The highest BCUT2D eigenvalue weighted by Gasteiger charge is 2.16. The lowest BCUT2D eigenvalue weighted by Gasteiger charge is -2.22. The minimum Gasteiger partial charge on any atom is -0.352 e. The minimum absolute atomic E-state index is 0.146. The van der Waals surface area contributed by atoms with Gasteiger partial charge >= 0.3 is 0 Å². The fraction of sp³-hybridized carbons (Fsp3) is 0.211. The Hall–Kier alpha value is -2.84. The molecular weight excluding hydrogens is 338 g/mol. The summed E-state index contributed by atoms with van der Waals surface area (Å²) in [5.74, 6) is -0.385. The summed E-state index contributed by atoms with van der Waals surface area (Å²) in [6.07, 6.45) is 0.146. The number of hydrogen-bond acceptors (Lipinski definition) is 3. The monoisotopic (exact) mass is 355 g/mol. The lowest BCUT2D eigenvalue weighted by molar-refractivity contribution is -0.121. The van der Waals surface area contributed by atoms with Gasteiger partial charge in [0.25, 0.3) is 0 Å². The first-order valence-corrected chi connectivity index (χ1v) is 8.17. The Morgan fingerprint density at radius 3 is 2.48 bits per heavy atom. The van der Waals surface area contributed by atoms with E-state index in [0.29, 0.717) is 22.8 Å². The molecule has 0 unspecified atom stereocenters. The van der Waals surface area contributed by atoms with E-state index < -0.39 is 0 Å². The third-order valence-electron chi connectivity index (χ3n) is 3.66. The number of nitrogens with zero attached hydrogens (tertiary/aromatic N) is 2. The summed E-state index contributed by atoms with van der Waals surface area (Å²) in [6, 6.07) is 16.1. The molecule has 0 aliphatic carbocycles. The van der Waals surface area contributed by atoms with Crippen molar-refractivity contribution in [2.75, 3.05) is 11.4 Å². The van der Waals surface area contributed by atoms with Crippen molar-refractivity contribution >= 4 is 29.1 Å². The summed E-state index contributed by atoms with van der Waals surface area (Å²) in [7, 11) is 0. The fourth-order valence-electron chi connectivity index (χ4n) is 2.36. The number of carbonyl (C=O) groups excluding carboxylic acids is 2. The summed E-state index contributed by atoms with van der Waals surface area (Å²) < 4.78 is 0. The molecule has 0 bridgehead atoms. The van der Waals surface area contributed by atoms with Crippen molar-refractivity contribution in [3.63, 3.8) is 0 Å². The molecule has 2 amide bonds. The molecule has 0 aromatic heterocycles. The van der Waals surface area contributed by atoms with Crippen LogP contribution in [0.1, 0.15) is 24.5 Å². The van der Waals surface area contributed by atoms with E-state index in [0.717, 1.165) is 5.56 Å². The zero-order chi connectivity index (χ0) is 18.2. The molecule has 2 rings (SSSR count). The highest BCUT2D eigenvalue weighted by Crippen LogP contribution is 2.20. The van der Waals surface area contributed by atoms with Crippen LogP contribution in [0.2, 0.25) is 5.02 Å². The summed E-state index contributed by atoms with van der Waals surface area (Å²) in [4.78, 5) is 25.4. The van der Waals surface area contributed by atoms with E-state index >= 15 is 0 Å². The second-order valence-corrected chi connectivity index (χ2v) is 5.89. The normalized spacial score (nSPS) is 9.96. The van der Waals surface area contributed by atoms with Crippen LogP contribution in [-0.2, 0) is 16.1 Å². The number of carbonyl (C=O) groups is 2. The quantitative estimate of drug-likeness (QED) is 0.864. The average molecular weight is 356 g/mol. The van der Waals surface area contributed by atoms with Crippen molar-refractivity contribution < 1.29 is 9.59 Å². The second-order valence-electron chi connectivity index (χ2n) is 5.45. The zero-order valence-electron chi connectivity index (χ0n) is 13.8. The summed E-state index contributed by atoms with van der Waals surface area (Å²) in [6.45, 7) is 2.02. The van der Waals surface area contributed by atoms with Gasteiger partial charge in [-0.2, -0.15) is 5.26 Å². The number of nitrogens with one attached hydrogen (secondary N) is 1. The molecule has 0 radical (unpaired) electrons. The Morgan fingerprint density at radius 1 is 1.16 bits per heavy atom. The van der Waals surface area contributed by atoms with Gasteiger partial charge in [0, 0.05) is 31.5 Å². The van der Waals surface area contributed by atoms with Gasteiger partial charge in [-0.1, -0.05) is 35.9 Å². The van der Waals surface area contributed by atoms with Gasteiger partial charge in [0.05, 0.1) is 11.3 Å². The number of amides is 2. The third kappa shape index (κ3) is 5.33. The highest BCUT2D eigenvalue weighted by molar-refractivity contribution is 6.30. The molecule has 0 saturated carbocycles. The van der Waals surface area contributed by atoms with Crippen LogP contribution in [0.25, 0.3) is 0 Å². The van der Waals surface area contributed by atoms with E-state index in [2.05, 4.69) is 11.4 Å². The fourth-order valence-corrected chi connectivity index (χ4v) is 2.48. The van der Waals surface area contributed by atoms with Crippen LogP contribution >= 0.6 is 11.6 Å². The number of anilines is 1. The molecule has 2 aromatic rings. The first kappa shape index (κ1) is 18.5. The number of nitriles is 1. The van der Waals surface area contributed by atoms with E-state index in [1.807, 2.05) is 12.1 Å². The Kier molecular flexibility index (Phi) is 6.55. The third-order valence-corrected chi connectivity index (χ3v) is 3.91. The molecule has 0 heterocycles. The second kappa shape index (κ2) is 8.86. The van der Waals surface area contributed by atoms with Gasteiger partial charge in [0.15, 0.2) is 0 Å². The van der Waals surface area contributed by atoms with Gasteiger partial charge in [-0.25, -0.2) is 0 Å². The molecule has 0 fully saturated rings. The molecule has 0 spiro atoms. The maximum Gasteiger partial charge on any atom is 0.223 e.